The van der Waals surface area contributed by atoms with E-state index in [1.165, 1.54) is 0 Å². The summed E-state index contributed by atoms with van der Waals surface area (Å²) in [7, 11) is 0. The Morgan fingerprint density at radius 1 is 0.667 bits per heavy atom. The molecule has 0 saturated carbocycles. The maximum atomic E-state index is 12.1. The van der Waals surface area contributed by atoms with Gasteiger partial charge in [0, 0.05) is 28.2 Å². The van der Waals surface area contributed by atoms with E-state index < -0.39 is 11.9 Å². The molecule has 4 nitrogen and oxygen atoms in total. The molecule has 3 aromatic rings. The average Bonchev–Trinajstić information content (AvgIpc) is 2.80. The first-order valence-electron chi connectivity index (χ1n) is 15.0. The van der Waals surface area contributed by atoms with Crippen molar-refractivity contribution in [3.05, 3.63) is 93.0 Å². The SMILES string of the molecule is Cc1cc(C(c2cccc(C(=O)O)c2)c2cc(C)cc(C(C)(C)CC(C)(C)C)c2O)c(O)c(C(C)(C)CC(C)(C)C)c1. The van der Waals surface area contributed by atoms with Crippen molar-refractivity contribution >= 4 is 5.97 Å². The standard InChI is InChI=1S/C38H52O4/c1-23-16-27(32(39)29(18-23)37(9,10)21-35(3,4)5)31(25-14-13-15-26(20-25)34(41)42)28-17-24(2)19-30(33(28)40)38(11,12)22-36(6,7)8/h13-20,31,39-40H,21-22H2,1-12H3,(H,41,42). The van der Waals surface area contributed by atoms with Crippen molar-refractivity contribution in [2.45, 2.75) is 113 Å². The summed E-state index contributed by atoms with van der Waals surface area (Å²) >= 11 is 0. The third-order valence-corrected chi connectivity index (χ3v) is 8.06. The molecular formula is C38H52O4. The summed E-state index contributed by atoms with van der Waals surface area (Å²) in [5, 5.41) is 34.0. The minimum atomic E-state index is -1.02. The zero-order valence-electron chi connectivity index (χ0n) is 27.9. The molecule has 3 rings (SSSR count). The second-order valence-electron chi connectivity index (χ2n) is 16.1. The van der Waals surface area contributed by atoms with E-state index >= 15 is 0 Å². The van der Waals surface area contributed by atoms with Crippen LogP contribution in [0.3, 0.4) is 0 Å². The van der Waals surface area contributed by atoms with E-state index in [2.05, 4.69) is 81.4 Å². The second-order valence-corrected chi connectivity index (χ2v) is 16.1. The molecule has 0 unspecified atom stereocenters. The number of rotatable bonds is 8. The van der Waals surface area contributed by atoms with Gasteiger partial charge in [0.15, 0.2) is 0 Å². The van der Waals surface area contributed by atoms with Gasteiger partial charge in [0.05, 0.1) is 5.56 Å². The monoisotopic (exact) mass is 572 g/mol. The highest BCUT2D eigenvalue weighted by molar-refractivity contribution is 5.88. The smallest absolute Gasteiger partial charge is 0.335 e. The van der Waals surface area contributed by atoms with E-state index in [0.29, 0.717) is 16.7 Å². The number of benzene rings is 3. The van der Waals surface area contributed by atoms with Gasteiger partial charge in [-0.25, -0.2) is 4.79 Å². The average molecular weight is 573 g/mol. The van der Waals surface area contributed by atoms with Crippen LogP contribution in [0.2, 0.25) is 0 Å². The van der Waals surface area contributed by atoms with Gasteiger partial charge in [0.2, 0.25) is 0 Å². The van der Waals surface area contributed by atoms with Gasteiger partial charge in [-0.15, -0.1) is 0 Å². The third-order valence-electron chi connectivity index (χ3n) is 8.06. The number of carboxylic acids is 1. The van der Waals surface area contributed by atoms with Gasteiger partial charge in [-0.3, -0.25) is 0 Å². The minimum Gasteiger partial charge on any atom is -0.507 e. The predicted octanol–water partition coefficient (Wildman–Crippen LogP) is 10.0. The molecule has 0 saturated heterocycles. The first-order valence-corrected chi connectivity index (χ1v) is 15.0. The van der Waals surface area contributed by atoms with Crippen LogP contribution in [0.25, 0.3) is 0 Å². The molecule has 0 amide bonds. The normalized spacial score (nSPS) is 13.1. The minimum absolute atomic E-state index is 0.0391. The summed E-state index contributed by atoms with van der Waals surface area (Å²) in [5.74, 6) is -1.22. The highest BCUT2D eigenvalue weighted by Gasteiger charge is 2.35. The van der Waals surface area contributed by atoms with Crippen molar-refractivity contribution in [1.29, 1.82) is 0 Å². The predicted molar refractivity (Wildman–Crippen MR) is 174 cm³/mol. The van der Waals surface area contributed by atoms with Crippen molar-refractivity contribution in [3.63, 3.8) is 0 Å². The van der Waals surface area contributed by atoms with Crippen LogP contribution in [-0.2, 0) is 10.8 Å². The lowest BCUT2D eigenvalue weighted by atomic mass is 9.69. The molecule has 0 aromatic heterocycles. The molecule has 0 bridgehead atoms. The lowest BCUT2D eigenvalue weighted by Gasteiger charge is -2.36. The van der Waals surface area contributed by atoms with Gasteiger partial charge >= 0.3 is 5.97 Å². The molecule has 0 atom stereocenters. The van der Waals surface area contributed by atoms with Gasteiger partial charge in [0.25, 0.3) is 0 Å². The number of phenolic OH excluding ortho intramolecular Hbond substituents is 2. The number of carboxylic acid groups (broad SMARTS) is 1. The summed E-state index contributed by atoms with van der Waals surface area (Å²) in [6.07, 6.45) is 1.72. The van der Waals surface area contributed by atoms with Gasteiger partial charge in [-0.1, -0.05) is 117 Å². The number of aromatic hydroxyl groups is 2. The lowest BCUT2D eigenvalue weighted by Crippen LogP contribution is -2.26. The Morgan fingerprint density at radius 2 is 1.07 bits per heavy atom. The fourth-order valence-electron chi connectivity index (χ4n) is 7.31. The summed E-state index contributed by atoms with van der Waals surface area (Å²) < 4.78 is 0. The highest BCUT2D eigenvalue weighted by atomic mass is 16.4. The molecule has 0 heterocycles. The van der Waals surface area contributed by atoms with Crippen LogP contribution in [0.5, 0.6) is 11.5 Å². The third kappa shape index (κ3) is 7.56. The number of aromatic carboxylic acids is 1. The molecule has 3 N–H and O–H groups in total. The van der Waals surface area contributed by atoms with E-state index in [1.54, 1.807) is 18.2 Å². The summed E-state index contributed by atoms with van der Waals surface area (Å²) in [6, 6.07) is 14.9. The Balaban J connectivity index is 2.43. The maximum Gasteiger partial charge on any atom is 0.335 e. The van der Waals surface area contributed by atoms with Gasteiger partial charge < -0.3 is 15.3 Å². The molecule has 42 heavy (non-hydrogen) atoms. The molecule has 0 fully saturated rings. The topological polar surface area (TPSA) is 77.8 Å². The number of hydrogen-bond acceptors (Lipinski definition) is 3. The Morgan fingerprint density at radius 3 is 1.43 bits per heavy atom. The van der Waals surface area contributed by atoms with E-state index in [0.717, 1.165) is 35.1 Å². The molecule has 0 radical (unpaired) electrons. The molecule has 0 aliphatic heterocycles. The molecule has 0 spiro atoms. The number of aryl methyl sites for hydroxylation is 2. The zero-order valence-corrected chi connectivity index (χ0v) is 27.9. The van der Waals surface area contributed by atoms with Crippen molar-refractivity contribution in [2.24, 2.45) is 10.8 Å². The van der Waals surface area contributed by atoms with Crippen molar-refractivity contribution < 1.29 is 20.1 Å². The van der Waals surface area contributed by atoms with Gasteiger partial charge in [-0.05, 0) is 66.0 Å². The second kappa shape index (κ2) is 11.4. The Bertz CT molecular complexity index is 1380. The van der Waals surface area contributed by atoms with Gasteiger partial charge in [0.1, 0.15) is 11.5 Å². The maximum absolute atomic E-state index is 12.1. The van der Waals surface area contributed by atoms with Crippen LogP contribution in [0.15, 0.2) is 48.5 Å². The first kappa shape index (κ1) is 33.2. The molecule has 0 aliphatic rings. The molecular weight excluding hydrogens is 520 g/mol. The summed E-state index contributed by atoms with van der Waals surface area (Å²) in [6.45, 7) is 25.9. The number of phenols is 2. The Labute approximate surface area is 253 Å². The van der Waals surface area contributed by atoms with E-state index in [1.807, 2.05) is 32.0 Å². The fourth-order valence-corrected chi connectivity index (χ4v) is 7.31. The van der Waals surface area contributed by atoms with E-state index in [4.69, 9.17) is 0 Å². The number of carbonyl (C=O) groups is 1. The summed E-state index contributed by atoms with van der Waals surface area (Å²) in [5.41, 5.74) is 5.32. The van der Waals surface area contributed by atoms with Crippen molar-refractivity contribution in [1.82, 2.24) is 0 Å². The van der Waals surface area contributed by atoms with Crippen LogP contribution in [-0.4, -0.2) is 21.3 Å². The van der Waals surface area contributed by atoms with E-state index in [9.17, 15) is 20.1 Å². The molecule has 4 heteroatoms. The van der Waals surface area contributed by atoms with Gasteiger partial charge in [-0.2, -0.15) is 0 Å². The quantitative estimate of drug-likeness (QED) is 0.235. The van der Waals surface area contributed by atoms with E-state index in [-0.39, 0.29) is 38.7 Å². The number of hydrogen-bond donors (Lipinski definition) is 3. The lowest BCUT2D eigenvalue weighted by molar-refractivity contribution is 0.0696. The fraction of sp³-hybridized carbons (Fsp3) is 0.500. The Kier molecular flexibility index (Phi) is 9.05. The first-order chi connectivity index (χ1) is 19.0. The zero-order chi connectivity index (χ0) is 32.0. The van der Waals surface area contributed by atoms with Crippen LogP contribution in [0, 0.1) is 24.7 Å². The summed E-state index contributed by atoms with van der Waals surface area (Å²) in [4.78, 5) is 12.0. The van der Waals surface area contributed by atoms with Crippen LogP contribution in [0.4, 0.5) is 0 Å². The highest BCUT2D eigenvalue weighted by Crippen LogP contribution is 2.50. The van der Waals surface area contributed by atoms with Crippen molar-refractivity contribution in [2.75, 3.05) is 0 Å². The molecule has 0 aliphatic carbocycles. The van der Waals surface area contributed by atoms with Crippen LogP contribution in [0.1, 0.15) is 137 Å². The molecule has 228 valence electrons. The Hall–Kier alpha value is -3.27. The van der Waals surface area contributed by atoms with Crippen LogP contribution >= 0.6 is 0 Å². The largest absolute Gasteiger partial charge is 0.507 e. The van der Waals surface area contributed by atoms with Crippen molar-refractivity contribution in [3.8, 4) is 11.5 Å². The van der Waals surface area contributed by atoms with Crippen LogP contribution < -0.4 is 0 Å². The molecule has 3 aromatic carbocycles.